The smallest absolute Gasteiger partial charge is 0.267 e. The maximum atomic E-state index is 12.9. The zero-order valence-electron chi connectivity index (χ0n) is 8.02. The Morgan fingerprint density at radius 3 is 2.62 bits per heavy atom. The lowest BCUT2D eigenvalue weighted by atomic mass is 10.1. The van der Waals surface area contributed by atoms with Crippen LogP contribution in [0.25, 0.3) is 0 Å². The first kappa shape index (κ1) is 10.4. The minimum absolute atomic E-state index is 0.163. The van der Waals surface area contributed by atoms with Crippen molar-refractivity contribution in [3.8, 4) is 0 Å². The van der Waals surface area contributed by atoms with Crippen LogP contribution in [0.2, 0.25) is 0 Å². The van der Waals surface area contributed by atoms with E-state index in [-0.39, 0.29) is 18.4 Å². The summed E-state index contributed by atoms with van der Waals surface area (Å²) in [5.41, 5.74) is 0. The number of hydrogen-bond acceptors (Lipinski definition) is 1. The van der Waals surface area contributed by atoms with E-state index in [0.717, 1.165) is 0 Å². The molecule has 0 aromatic heterocycles. The highest BCUT2D eigenvalue weighted by molar-refractivity contribution is 5.76. The van der Waals surface area contributed by atoms with Gasteiger partial charge in [-0.3, -0.25) is 4.79 Å². The largest absolute Gasteiger partial charge is 0.333 e. The van der Waals surface area contributed by atoms with Crippen LogP contribution < -0.4 is 0 Å². The van der Waals surface area contributed by atoms with Crippen molar-refractivity contribution >= 4 is 5.91 Å². The highest BCUT2D eigenvalue weighted by Crippen LogP contribution is 2.33. The van der Waals surface area contributed by atoms with Gasteiger partial charge in [-0.1, -0.05) is 13.8 Å². The summed E-state index contributed by atoms with van der Waals surface area (Å²) >= 11 is 0. The molecule has 4 heteroatoms. The molecule has 13 heavy (non-hydrogen) atoms. The molecule has 0 saturated carbocycles. The van der Waals surface area contributed by atoms with Gasteiger partial charge in [-0.15, -0.1) is 0 Å². The number of nitrogens with zero attached hydrogens (tertiary/aromatic N) is 1. The number of carbonyl (C=O) groups excluding carboxylic acids is 1. The molecular weight excluding hydrogens is 176 g/mol. The highest BCUT2D eigenvalue weighted by Gasteiger charge is 2.45. The molecule has 1 fully saturated rings. The zero-order chi connectivity index (χ0) is 10.1. The standard InChI is InChI=1S/C9H15F2NO/c1-3-7-5-9(10,11)6-12(7)8(13)4-2/h7H,3-6H2,1-2H3. The van der Waals surface area contributed by atoms with Crippen LogP contribution in [0.5, 0.6) is 0 Å². The number of carbonyl (C=O) groups is 1. The first-order valence-corrected chi connectivity index (χ1v) is 4.67. The Morgan fingerprint density at radius 2 is 2.15 bits per heavy atom. The lowest BCUT2D eigenvalue weighted by molar-refractivity contribution is -0.132. The minimum Gasteiger partial charge on any atom is -0.333 e. The molecule has 1 aliphatic heterocycles. The summed E-state index contributed by atoms with van der Waals surface area (Å²) in [5, 5.41) is 0. The Balaban J connectivity index is 2.69. The first-order chi connectivity index (χ1) is 6.00. The lowest BCUT2D eigenvalue weighted by Gasteiger charge is -2.21. The van der Waals surface area contributed by atoms with Gasteiger partial charge in [-0.2, -0.15) is 0 Å². The summed E-state index contributed by atoms with van der Waals surface area (Å²) < 4.78 is 25.9. The molecule has 1 atom stereocenters. The van der Waals surface area contributed by atoms with E-state index in [0.29, 0.717) is 12.8 Å². The number of halogens is 2. The minimum atomic E-state index is -2.68. The molecule has 0 radical (unpaired) electrons. The Labute approximate surface area is 76.9 Å². The second-order valence-electron chi connectivity index (χ2n) is 3.50. The second kappa shape index (κ2) is 3.60. The van der Waals surface area contributed by atoms with Crippen molar-refractivity contribution in [1.82, 2.24) is 4.90 Å². The molecule has 0 bridgehead atoms. The topological polar surface area (TPSA) is 20.3 Å². The Hall–Kier alpha value is -0.670. The van der Waals surface area contributed by atoms with E-state index in [1.165, 1.54) is 4.90 Å². The van der Waals surface area contributed by atoms with E-state index in [4.69, 9.17) is 0 Å². The van der Waals surface area contributed by atoms with Crippen LogP contribution in [-0.2, 0) is 4.79 Å². The van der Waals surface area contributed by atoms with Gasteiger partial charge in [-0.25, -0.2) is 8.78 Å². The third-order valence-electron chi connectivity index (χ3n) is 2.47. The Morgan fingerprint density at radius 1 is 1.54 bits per heavy atom. The quantitative estimate of drug-likeness (QED) is 0.654. The molecule has 0 aromatic carbocycles. The maximum Gasteiger partial charge on any atom is 0.267 e. The van der Waals surface area contributed by atoms with Crippen molar-refractivity contribution in [2.45, 2.75) is 45.1 Å². The van der Waals surface area contributed by atoms with Crippen molar-refractivity contribution in [3.05, 3.63) is 0 Å². The van der Waals surface area contributed by atoms with Gasteiger partial charge in [0, 0.05) is 18.9 Å². The van der Waals surface area contributed by atoms with Crippen LogP contribution >= 0.6 is 0 Å². The molecule has 1 unspecified atom stereocenters. The summed E-state index contributed by atoms with van der Waals surface area (Å²) in [6.45, 7) is 3.14. The summed E-state index contributed by atoms with van der Waals surface area (Å²) in [4.78, 5) is 12.6. The van der Waals surface area contributed by atoms with Crippen molar-refractivity contribution in [1.29, 1.82) is 0 Å². The number of hydrogen-bond donors (Lipinski definition) is 0. The molecular formula is C9H15F2NO. The first-order valence-electron chi connectivity index (χ1n) is 4.67. The van der Waals surface area contributed by atoms with E-state index in [2.05, 4.69) is 0 Å². The Bertz CT molecular complexity index is 206. The third-order valence-corrected chi connectivity index (χ3v) is 2.47. The second-order valence-corrected chi connectivity index (χ2v) is 3.50. The summed E-state index contributed by atoms with van der Waals surface area (Å²) in [6.07, 6.45) is 0.753. The van der Waals surface area contributed by atoms with E-state index < -0.39 is 12.5 Å². The van der Waals surface area contributed by atoms with E-state index >= 15 is 0 Å². The lowest BCUT2D eigenvalue weighted by Crippen LogP contribution is -2.35. The predicted molar refractivity (Wildman–Crippen MR) is 45.6 cm³/mol. The molecule has 1 heterocycles. The third kappa shape index (κ3) is 2.17. The van der Waals surface area contributed by atoms with Gasteiger partial charge in [0.05, 0.1) is 6.54 Å². The molecule has 1 rings (SSSR count). The van der Waals surface area contributed by atoms with Crippen molar-refractivity contribution in [2.24, 2.45) is 0 Å². The number of amides is 1. The van der Waals surface area contributed by atoms with Gasteiger partial charge in [-0.05, 0) is 6.42 Å². The number of rotatable bonds is 2. The summed E-state index contributed by atoms with van der Waals surface area (Å²) in [6, 6.07) is -0.262. The van der Waals surface area contributed by atoms with Crippen LogP contribution in [0.4, 0.5) is 8.78 Å². The fourth-order valence-corrected chi connectivity index (χ4v) is 1.76. The van der Waals surface area contributed by atoms with Gasteiger partial charge in [0.15, 0.2) is 0 Å². The van der Waals surface area contributed by atoms with Crippen LogP contribution in [-0.4, -0.2) is 29.3 Å². The van der Waals surface area contributed by atoms with E-state index in [9.17, 15) is 13.6 Å². The molecule has 1 aliphatic rings. The van der Waals surface area contributed by atoms with Gasteiger partial charge in [0.25, 0.3) is 5.92 Å². The molecule has 0 spiro atoms. The summed E-state index contributed by atoms with van der Waals surface area (Å²) in [7, 11) is 0. The molecule has 0 aromatic rings. The van der Waals surface area contributed by atoms with Gasteiger partial charge >= 0.3 is 0 Å². The van der Waals surface area contributed by atoms with Crippen LogP contribution in [0, 0.1) is 0 Å². The average Bonchev–Trinajstić information content (AvgIpc) is 2.39. The zero-order valence-corrected chi connectivity index (χ0v) is 8.02. The molecule has 1 amide bonds. The molecule has 1 saturated heterocycles. The summed E-state index contributed by atoms with van der Waals surface area (Å²) in [5.74, 6) is -2.84. The average molecular weight is 191 g/mol. The van der Waals surface area contributed by atoms with Crippen LogP contribution in [0.3, 0.4) is 0 Å². The van der Waals surface area contributed by atoms with Crippen LogP contribution in [0.15, 0.2) is 0 Å². The van der Waals surface area contributed by atoms with Crippen molar-refractivity contribution in [2.75, 3.05) is 6.54 Å². The maximum absolute atomic E-state index is 12.9. The van der Waals surface area contributed by atoms with E-state index in [1.54, 1.807) is 6.92 Å². The van der Waals surface area contributed by atoms with E-state index in [1.807, 2.05) is 6.92 Å². The van der Waals surface area contributed by atoms with Crippen molar-refractivity contribution < 1.29 is 13.6 Å². The van der Waals surface area contributed by atoms with Crippen molar-refractivity contribution in [3.63, 3.8) is 0 Å². The molecule has 0 N–H and O–H groups in total. The monoisotopic (exact) mass is 191 g/mol. The molecule has 0 aliphatic carbocycles. The highest BCUT2D eigenvalue weighted by atomic mass is 19.3. The SMILES string of the molecule is CCC(=O)N1CC(F)(F)CC1CC. The molecule has 2 nitrogen and oxygen atoms in total. The normalized spacial score (nSPS) is 26.5. The van der Waals surface area contributed by atoms with Crippen LogP contribution in [0.1, 0.15) is 33.1 Å². The number of alkyl halides is 2. The fourth-order valence-electron chi connectivity index (χ4n) is 1.76. The molecule has 76 valence electrons. The Kier molecular flexibility index (Phi) is 2.88. The van der Waals surface area contributed by atoms with Gasteiger partial charge < -0.3 is 4.90 Å². The van der Waals surface area contributed by atoms with Gasteiger partial charge in [0.2, 0.25) is 5.91 Å². The number of likely N-dealkylation sites (tertiary alicyclic amines) is 1. The predicted octanol–water partition coefficient (Wildman–Crippen LogP) is 2.04. The van der Waals surface area contributed by atoms with Gasteiger partial charge in [0.1, 0.15) is 0 Å². The fraction of sp³-hybridized carbons (Fsp3) is 0.889.